The van der Waals surface area contributed by atoms with Gasteiger partial charge >= 0.3 is 0 Å². The van der Waals surface area contributed by atoms with Crippen LogP contribution in [0.15, 0.2) is 0 Å². The highest BCUT2D eigenvalue weighted by Gasteiger charge is 2.40. The number of carbonyl (C=O) groups is 1. The highest BCUT2D eigenvalue weighted by Crippen LogP contribution is 2.23. The van der Waals surface area contributed by atoms with Gasteiger partial charge in [-0.05, 0) is 38.8 Å². The average Bonchev–Trinajstić information content (AvgIpc) is 2.86. The molecule has 4 nitrogen and oxygen atoms in total. The second-order valence-electron chi connectivity index (χ2n) is 6.08. The number of amides is 1. The number of likely N-dealkylation sites (N-methyl/N-ethyl adjacent to an activating group) is 1. The van der Waals surface area contributed by atoms with E-state index in [0.717, 1.165) is 13.0 Å². The van der Waals surface area contributed by atoms with E-state index in [1.54, 1.807) is 0 Å². The summed E-state index contributed by atoms with van der Waals surface area (Å²) in [6.45, 7) is 8.52. The Morgan fingerprint density at radius 3 is 2.67 bits per heavy atom. The van der Waals surface area contributed by atoms with Crippen LogP contribution in [-0.4, -0.2) is 54.1 Å². The molecule has 1 amide bonds. The normalized spacial score (nSPS) is 33.9. The van der Waals surface area contributed by atoms with E-state index < -0.39 is 0 Å². The fourth-order valence-corrected chi connectivity index (χ4v) is 3.19. The first-order valence-electron chi connectivity index (χ1n) is 7.31. The Hall–Kier alpha value is -0.610. The summed E-state index contributed by atoms with van der Waals surface area (Å²) in [6, 6.07) is 0.580. The highest BCUT2D eigenvalue weighted by molar-refractivity contribution is 5.84. The van der Waals surface area contributed by atoms with E-state index in [9.17, 15) is 4.79 Å². The Balaban J connectivity index is 2.05. The molecular formula is C14H27N3O. The molecule has 0 aromatic rings. The lowest BCUT2D eigenvalue weighted by molar-refractivity contribution is -0.131. The first-order chi connectivity index (χ1) is 8.54. The van der Waals surface area contributed by atoms with Crippen molar-refractivity contribution in [3.05, 3.63) is 0 Å². The maximum atomic E-state index is 12.4. The van der Waals surface area contributed by atoms with Gasteiger partial charge in [0, 0.05) is 12.6 Å². The quantitative estimate of drug-likeness (QED) is 0.819. The molecule has 3 unspecified atom stereocenters. The summed E-state index contributed by atoms with van der Waals surface area (Å²) >= 11 is 0. The van der Waals surface area contributed by atoms with Crippen LogP contribution < -0.4 is 5.32 Å². The first kappa shape index (κ1) is 13.8. The van der Waals surface area contributed by atoms with Crippen LogP contribution in [0.3, 0.4) is 0 Å². The van der Waals surface area contributed by atoms with Crippen LogP contribution in [0.4, 0.5) is 0 Å². The Labute approximate surface area is 111 Å². The van der Waals surface area contributed by atoms with E-state index >= 15 is 0 Å². The molecule has 3 atom stereocenters. The summed E-state index contributed by atoms with van der Waals surface area (Å²) in [5.41, 5.74) is 0. The standard InChI is InChI=1S/C14H27N3O/c1-5-12-14(18)17(13(15-12)10(2)3)9-11-7-6-8-16(11)4/h10-13,15H,5-9H2,1-4H3. The minimum atomic E-state index is 0.0316. The predicted molar refractivity (Wildman–Crippen MR) is 73.2 cm³/mol. The average molecular weight is 253 g/mol. The maximum absolute atomic E-state index is 12.4. The molecule has 2 aliphatic heterocycles. The van der Waals surface area contributed by atoms with Crippen LogP contribution in [0.1, 0.15) is 40.0 Å². The van der Waals surface area contributed by atoms with Crippen molar-refractivity contribution in [3.8, 4) is 0 Å². The Bertz CT molecular complexity index is 305. The van der Waals surface area contributed by atoms with E-state index in [1.165, 1.54) is 19.4 Å². The van der Waals surface area contributed by atoms with Gasteiger partial charge in [0.25, 0.3) is 0 Å². The fourth-order valence-electron chi connectivity index (χ4n) is 3.19. The molecule has 104 valence electrons. The van der Waals surface area contributed by atoms with Crippen molar-refractivity contribution >= 4 is 5.91 Å². The topological polar surface area (TPSA) is 35.6 Å². The Morgan fingerprint density at radius 2 is 2.17 bits per heavy atom. The second-order valence-corrected chi connectivity index (χ2v) is 6.08. The summed E-state index contributed by atoms with van der Waals surface area (Å²) in [7, 11) is 2.17. The number of rotatable bonds is 4. The fraction of sp³-hybridized carbons (Fsp3) is 0.929. The molecule has 0 aromatic carbocycles. The van der Waals surface area contributed by atoms with E-state index in [1.807, 2.05) is 0 Å². The molecule has 2 aliphatic rings. The predicted octanol–water partition coefficient (Wildman–Crippen LogP) is 1.27. The monoisotopic (exact) mass is 253 g/mol. The summed E-state index contributed by atoms with van der Waals surface area (Å²) in [5.74, 6) is 0.772. The lowest BCUT2D eigenvalue weighted by Crippen LogP contribution is -2.47. The number of nitrogens with zero attached hydrogens (tertiary/aromatic N) is 2. The molecule has 0 radical (unpaired) electrons. The van der Waals surface area contributed by atoms with Crippen LogP contribution in [0, 0.1) is 5.92 Å². The number of likely N-dealkylation sites (tertiary alicyclic amines) is 1. The summed E-state index contributed by atoms with van der Waals surface area (Å²) in [6.07, 6.45) is 3.60. The van der Waals surface area contributed by atoms with Crippen molar-refractivity contribution in [2.75, 3.05) is 20.1 Å². The highest BCUT2D eigenvalue weighted by atomic mass is 16.2. The van der Waals surface area contributed by atoms with Gasteiger partial charge < -0.3 is 9.80 Å². The molecule has 2 heterocycles. The van der Waals surface area contributed by atoms with Crippen molar-refractivity contribution in [2.45, 2.75) is 58.3 Å². The Kier molecular flexibility index (Phi) is 4.28. The van der Waals surface area contributed by atoms with E-state index in [4.69, 9.17) is 0 Å². The molecule has 0 aliphatic carbocycles. The maximum Gasteiger partial charge on any atom is 0.241 e. The van der Waals surface area contributed by atoms with Crippen molar-refractivity contribution in [3.63, 3.8) is 0 Å². The zero-order valence-corrected chi connectivity index (χ0v) is 12.1. The van der Waals surface area contributed by atoms with Gasteiger partial charge in [0.2, 0.25) is 5.91 Å². The zero-order chi connectivity index (χ0) is 13.3. The van der Waals surface area contributed by atoms with Crippen molar-refractivity contribution in [1.82, 2.24) is 15.1 Å². The van der Waals surface area contributed by atoms with Gasteiger partial charge in [-0.15, -0.1) is 0 Å². The summed E-state index contributed by atoms with van der Waals surface area (Å²) in [4.78, 5) is 16.9. The molecule has 2 saturated heterocycles. The molecular weight excluding hydrogens is 226 g/mol. The first-order valence-corrected chi connectivity index (χ1v) is 7.31. The second kappa shape index (κ2) is 5.57. The van der Waals surface area contributed by atoms with Gasteiger partial charge in [0.15, 0.2) is 0 Å². The van der Waals surface area contributed by atoms with Gasteiger partial charge in [-0.2, -0.15) is 0 Å². The molecule has 0 bridgehead atoms. The third-order valence-electron chi connectivity index (χ3n) is 4.41. The van der Waals surface area contributed by atoms with Gasteiger partial charge in [-0.25, -0.2) is 0 Å². The summed E-state index contributed by atoms with van der Waals surface area (Å²) < 4.78 is 0. The molecule has 2 rings (SSSR count). The zero-order valence-electron chi connectivity index (χ0n) is 12.1. The van der Waals surface area contributed by atoms with Gasteiger partial charge in [-0.3, -0.25) is 10.1 Å². The summed E-state index contributed by atoms with van der Waals surface area (Å²) in [5, 5.41) is 3.49. The lowest BCUT2D eigenvalue weighted by Gasteiger charge is -2.31. The number of hydrogen-bond donors (Lipinski definition) is 1. The largest absolute Gasteiger partial charge is 0.324 e. The molecule has 1 N–H and O–H groups in total. The van der Waals surface area contributed by atoms with Crippen molar-refractivity contribution in [1.29, 1.82) is 0 Å². The van der Waals surface area contributed by atoms with Crippen LogP contribution >= 0.6 is 0 Å². The van der Waals surface area contributed by atoms with E-state index in [-0.39, 0.29) is 12.2 Å². The van der Waals surface area contributed by atoms with Crippen LogP contribution in [-0.2, 0) is 4.79 Å². The molecule has 4 heteroatoms. The molecule has 0 aromatic heterocycles. The minimum absolute atomic E-state index is 0.0316. The number of nitrogens with one attached hydrogen (secondary N) is 1. The third kappa shape index (κ3) is 2.54. The lowest BCUT2D eigenvalue weighted by atomic mass is 10.1. The van der Waals surface area contributed by atoms with Crippen LogP contribution in [0.25, 0.3) is 0 Å². The number of carbonyl (C=O) groups excluding carboxylic acids is 1. The van der Waals surface area contributed by atoms with E-state index in [2.05, 4.69) is 42.9 Å². The minimum Gasteiger partial charge on any atom is -0.324 e. The molecule has 0 spiro atoms. The SMILES string of the molecule is CCC1NC(C(C)C)N(CC2CCCN2C)C1=O. The van der Waals surface area contributed by atoms with Gasteiger partial charge in [-0.1, -0.05) is 20.8 Å². The molecule has 0 saturated carbocycles. The van der Waals surface area contributed by atoms with E-state index in [0.29, 0.717) is 17.9 Å². The molecule has 18 heavy (non-hydrogen) atoms. The van der Waals surface area contributed by atoms with Gasteiger partial charge in [0.1, 0.15) is 0 Å². The molecule has 2 fully saturated rings. The van der Waals surface area contributed by atoms with Crippen molar-refractivity contribution in [2.24, 2.45) is 5.92 Å². The van der Waals surface area contributed by atoms with Crippen LogP contribution in [0.5, 0.6) is 0 Å². The Morgan fingerprint density at radius 1 is 1.44 bits per heavy atom. The number of hydrogen-bond acceptors (Lipinski definition) is 3. The van der Waals surface area contributed by atoms with Crippen LogP contribution in [0.2, 0.25) is 0 Å². The smallest absolute Gasteiger partial charge is 0.241 e. The van der Waals surface area contributed by atoms with Gasteiger partial charge in [0.05, 0.1) is 12.2 Å². The third-order valence-corrected chi connectivity index (χ3v) is 4.41. The van der Waals surface area contributed by atoms with Crippen molar-refractivity contribution < 1.29 is 4.79 Å².